The highest BCUT2D eigenvalue weighted by Crippen LogP contribution is 2.29. The number of H-pyrrole nitrogens is 1. The number of amides is 3. The van der Waals surface area contributed by atoms with Crippen molar-refractivity contribution >= 4 is 23.4 Å². The van der Waals surface area contributed by atoms with E-state index < -0.39 is 6.04 Å². The molecule has 1 unspecified atom stereocenters. The van der Waals surface area contributed by atoms with Crippen LogP contribution < -0.4 is 21.7 Å². The second kappa shape index (κ2) is 18.4. The zero-order valence-electron chi connectivity index (χ0n) is 31.7. The summed E-state index contributed by atoms with van der Waals surface area (Å²) in [6.45, 7) is 9.16. The maximum absolute atomic E-state index is 13.7. The number of nitrogens with zero attached hydrogens (tertiary/aromatic N) is 5. The van der Waals surface area contributed by atoms with E-state index in [0.29, 0.717) is 42.1 Å². The Morgan fingerprint density at radius 2 is 1.59 bits per heavy atom. The number of pyridine rings is 1. The van der Waals surface area contributed by atoms with E-state index in [4.69, 9.17) is 5.73 Å². The highest BCUT2D eigenvalue weighted by molar-refractivity contribution is 5.98. The van der Waals surface area contributed by atoms with E-state index in [1.54, 1.807) is 30.5 Å². The third-order valence-corrected chi connectivity index (χ3v) is 11.3. The van der Waals surface area contributed by atoms with Crippen LogP contribution in [0.5, 0.6) is 0 Å². The van der Waals surface area contributed by atoms with Gasteiger partial charge in [-0.2, -0.15) is 5.21 Å². The van der Waals surface area contributed by atoms with Gasteiger partial charge in [0.1, 0.15) is 11.7 Å². The first-order valence-corrected chi connectivity index (χ1v) is 19.5. The lowest BCUT2D eigenvalue weighted by Crippen LogP contribution is -2.48. The van der Waals surface area contributed by atoms with Crippen molar-refractivity contribution in [3.8, 4) is 22.5 Å². The fourth-order valence-corrected chi connectivity index (χ4v) is 8.00. The average molecular weight is 735 g/mol. The van der Waals surface area contributed by atoms with E-state index in [1.807, 2.05) is 37.3 Å². The van der Waals surface area contributed by atoms with Gasteiger partial charge in [-0.05, 0) is 136 Å². The van der Waals surface area contributed by atoms with Gasteiger partial charge in [-0.25, -0.2) is 0 Å². The molecule has 0 bridgehead atoms. The molecule has 1 atom stereocenters. The number of carbonyl (C=O) groups is 3. The minimum absolute atomic E-state index is 0.104. The van der Waals surface area contributed by atoms with E-state index in [-0.39, 0.29) is 29.7 Å². The lowest BCUT2D eigenvalue weighted by Gasteiger charge is -2.36. The summed E-state index contributed by atoms with van der Waals surface area (Å²) in [6, 6.07) is 16.9. The van der Waals surface area contributed by atoms with Crippen LogP contribution in [-0.2, 0) is 16.0 Å². The molecule has 2 saturated carbocycles. The monoisotopic (exact) mass is 734 g/mol. The number of nitrogens with one attached hydrogen (secondary N) is 4. The average Bonchev–Trinajstić information content (AvgIpc) is 3.75. The van der Waals surface area contributed by atoms with Gasteiger partial charge in [-0.3, -0.25) is 19.4 Å². The molecule has 2 aromatic carbocycles. The van der Waals surface area contributed by atoms with Gasteiger partial charge in [0.15, 0.2) is 0 Å². The molecule has 6 rings (SSSR count). The number of rotatable bonds is 14. The Balaban J connectivity index is 1.10. The molecule has 3 amide bonds. The van der Waals surface area contributed by atoms with Crippen molar-refractivity contribution in [2.45, 2.75) is 96.7 Å². The Hall–Kier alpha value is -5.01. The van der Waals surface area contributed by atoms with Crippen molar-refractivity contribution in [2.75, 3.05) is 25.0 Å². The van der Waals surface area contributed by atoms with E-state index >= 15 is 0 Å². The van der Waals surface area contributed by atoms with E-state index in [9.17, 15) is 14.4 Å². The van der Waals surface area contributed by atoms with Crippen LogP contribution in [-0.4, -0.2) is 86.0 Å². The standard InChI is InChI=1S/C41H54N10O3/c1-4-51(5-2)34-20-18-33(19-21-34)44-40(53)36-22-26(3)35(25-43-36)29-10-6-27(7-11-29)23-37(46-39(52)31-12-8-28(24-42)9-13-31)41(54)45-32-16-14-30(15-17-32)38-47-49-50-48-38/h6-7,10-11,14-17,22,25,28,31,33-34,37H,4-5,8-9,12-13,18-21,23-24,42H2,1-3H3,(H,44,53)(H,45,54)(H,46,52)(H,47,48,49,50). The van der Waals surface area contributed by atoms with Gasteiger partial charge in [0.05, 0.1) is 0 Å². The van der Waals surface area contributed by atoms with Gasteiger partial charge >= 0.3 is 0 Å². The van der Waals surface area contributed by atoms with Gasteiger partial charge in [0.2, 0.25) is 17.6 Å². The Labute approximate surface area is 317 Å². The summed E-state index contributed by atoms with van der Waals surface area (Å²) in [5.74, 6) is 0.217. The number of benzene rings is 2. The van der Waals surface area contributed by atoms with Crippen molar-refractivity contribution in [1.82, 2.24) is 41.1 Å². The predicted molar refractivity (Wildman–Crippen MR) is 209 cm³/mol. The molecular weight excluding hydrogens is 681 g/mol. The van der Waals surface area contributed by atoms with Gasteiger partial charge in [0.25, 0.3) is 5.91 Å². The van der Waals surface area contributed by atoms with E-state index in [0.717, 1.165) is 92.3 Å². The van der Waals surface area contributed by atoms with Crippen LogP contribution in [0.15, 0.2) is 60.8 Å². The number of hydrogen-bond donors (Lipinski definition) is 5. The van der Waals surface area contributed by atoms with Crippen LogP contribution in [0.3, 0.4) is 0 Å². The van der Waals surface area contributed by atoms with Crippen LogP contribution in [0.25, 0.3) is 22.5 Å². The Morgan fingerprint density at radius 3 is 2.20 bits per heavy atom. The predicted octanol–water partition coefficient (Wildman–Crippen LogP) is 5.05. The Bertz CT molecular complexity index is 1830. The fraction of sp³-hybridized carbons (Fsp3) is 0.488. The molecule has 0 saturated heterocycles. The summed E-state index contributed by atoms with van der Waals surface area (Å²) in [5, 5.41) is 23.3. The Morgan fingerprint density at radius 1 is 0.907 bits per heavy atom. The number of hydrogen-bond acceptors (Lipinski definition) is 9. The highest BCUT2D eigenvalue weighted by Gasteiger charge is 2.30. The first-order valence-electron chi connectivity index (χ1n) is 19.5. The molecule has 0 aliphatic heterocycles. The maximum atomic E-state index is 13.7. The van der Waals surface area contributed by atoms with Crippen LogP contribution in [0.4, 0.5) is 5.69 Å². The lowest BCUT2D eigenvalue weighted by atomic mass is 9.81. The summed E-state index contributed by atoms with van der Waals surface area (Å²) in [4.78, 5) is 47.4. The topological polar surface area (TPSA) is 184 Å². The number of tetrazole rings is 1. The molecule has 2 aromatic heterocycles. The molecule has 13 nitrogen and oxygen atoms in total. The summed E-state index contributed by atoms with van der Waals surface area (Å²) >= 11 is 0. The smallest absolute Gasteiger partial charge is 0.270 e. The second-order valence-corrected chi connectivity index (χ2v) is 14.8. The first-order chi connectivity index (χ1) is 26.2. The summed E-state index contributed by atoms with van der Waals surface area (Å²) < 4.78 is 0. The van der Waals surface area contributed by atoms with Crippen LogP contribution >= 0.6 is 0 Å². The van der Waals surface area contributed by atoms with Crippen molar-refractivity contribution in [3.05, 3.63) is 77.6 Å². The van der Waals surface area contributed by atoms with Gasteiger partial charge in [-0.15, -0.1) is 10.2 Å². The highest BCUT2D eigenvalue weighted by atomic mass is 16.2. The first kappa shape index (κ1) is 38.7. The number of carbonyl (C=O) groups excluding carboxylic acids is 3. The minimum atomic E-state index is -0.791. The zero-order chi connectivity index (χ0) is 38.0. The molecular formula is C41H54N10O3. The van der Waals surface area contributed by atoms with Crippen LogP contribution in [0, 0.1) is 18.8 Å². The number of aryl methyl sites for hydroxylation is 1. The third kappa shape index (κ3) is 9.74. The van der Waals surface area contributed by atoms with Gasteiger partial charge < -0.3 is 26.6 Å². The van der Waals surface area contributed by atoms with Crippen molar-refractivity contribution < 1.29 is 14.4 Å². The lowest BCUT2D eigenvalue weighted by molar-refractivity contribution is -0.130. The molecule has 0 radical (unpaired) electrons. The molecule has 286 valence electrons. The second-order valence-electron chi connectivity index (χ2n) is 14.8. The molecule has 4 aromatic rings. The van der Waals surface area contributed by atoms with Crippen molar-refractivity contribution in [3.63, 3.8) is 0 Å². The molecule has 0 spiro atoms. The van der Waals surface area contributed by atoms with Gasteiger partial charge in [0, 0.05) is 47.4 Å². The summed E-state index contributed by atoms with van der Waals surface area (Å²) in [7, 11) is 0. The zero-order valence-corrected chi connectivity index (χ0v) is 31.7. The molecule has 2 aliphatic rings. The minimum Gasteiger partial charge on any atom is -0.348 e. The number of anilines is 1. The van der Waals surface area contributed by atoms with Crippen LogP contribution in [0.2, 0.25) is 0 Å². The molecule has 2 aliphatic carbocycles. The molecule has 2 fully saturated rings. The summed E-state index contributed by atoms with van der Waals surface area (Å²) in [6.07, 6.45) is 9.58. The normalized spacial score (nSPS) is 20.6. The van der Waals surface area contributed by atoms with E-state index in [2.05, 4.69) is 60.3 Å². The number of nitrogens with two attached hydrogens (primary N) is 1. The fourth-order valence-electron chi connectivity index (χ4n) is 8.00. The largest absolute Gasteiger partial charge is 0.348 e. The van der Waals surface area contributed by atoms with E-state index in [1.165, 1.54) is 0 Å². The van der Waals surface area contributed by atoms with Crippen molar-refractivity contribution in [1.29, 1.82) is 0 Å². The SMILES string of the molecule is CCN(CC)C1CCC(NC(=O)c2cc(C)c(-c3ccc(CC(NC(=O)C4CCC(CN)CC4)C(=O)Nc4ccc(-c5nn[nH]n5)cc4)cc3)cn2)CC1. The van der Waals surface area contributed by atoms with Crippen molar-refractivity contribution in [2.24, 2.45) is 17.6 Å². The molecule has 6 N–H and O–H groups in total. The quantitative estimate of drug-likeness (QED) is 0.118. The molecule has 13 heteroatoms. The number of aromatic amines is 1. The third-order valence-electron chi connectivity index (χ3n) is 11.3. The molecule has 2 heterocycles. The van der Waals surface area contributed by atoms with Crippen LogP contribution in [0.1, 0.15) is 86.8 Å². The van der Waals surface area contributed by atoms with Gasteiger partial charge in [-0.1, -0.05) is 38.1 Å². The molecule has 54 heavy (non-hydrogen) atoms. The number of aromatic nitrogens is 5. The Kier molecular flexibility index (Phi) is 13.2. The maximum Gasteiger partial charge on any atom is 0.270 e. The summed E-state index contributed by atoms with van der Waals surface area (Å²) in [5.41, 5.74) is 11.4.